The van der Waals surface area contributed by atoms with Crippen molar-refractivity contribution in [3.05, 3.63) is 46.2 Å². The van der Waals surface area contributed by atoms with Crippen molar-refractivity contribution >= 4 is 28.9 Å². The molecular formula is C14H13NO4S. The van der Waals surface area contributed by atoms with Crippen molar-refractivity contribution in [1.29, 1.82) is 0 Å². The third-order valence-electron chi connectivity index (χ3n) is 2.49. The Balaban J connectivity index is 2.19. The van der Waals surface area contributed by atoms with E-state index in [1.165, 1.54) is 29.5 Å². The number of phenols is 1. The molecule has 6 heteroatoms. The Bertz CT molecular complexity index is 622. The number of hydrogen-bond donors (Lipinski definition) is 2. The molecule has 0 atom stereocenters. The highest BCUT2D eigenvalue weighted by Gasteiger charge is 2.14. The second-order valence-corrected chi connectivity index (χ2v) is 4.83. The first-order valence-corrected chi connectivity index (χ1v) is 6.84. The molecule has 1 heterocycles. The molecule has 2 aromatic rings. The number of esters is 1. The average molecular weight is 291 g/mol. The lowest BCUT2D eigenvalue weighted by molar-refractivity contribution is 0.0523. The minimum absolute atomic E-state index is 0.0239. The Kier molecular flexibility index (Phi) is 4.37. The number of anilines is 1. The Morgan fingerprint density at radius 2 is 2.15 bits per heavy atom. The number of thiophene rings is 1. The van der Waals surface area contributed by atoms with Gasteiger partial charge in [-0.3, -0.25) is 4.79 Å². The van der Waals surface area contributed by atoms with Crippen molar-refractivity contribution < 1.29 is 19.4 Å². The highest BCUT2D eigenvalue weighted by Crippen LogP contribution is 2.23. The standard InChI is InChI=1S/C14H13NO4S/c1-2-19-14(18)10-8-9(5-6-11(10)16)15-13(17)12-4-3-7-20-12/h3-8,16H,2H2,1H3,(H,15,17). The van der Waals surface area contributed by atoms with Crippen LogP contribution in [0.2, 0.25) is 0 Å². The maximum atomic E-state index is 11.9. The highest BCUT2D eigenvalue weighted by molar-refractivity contribution is 7.12. The van der Waals surface area contributed by atoms with Crippen LogP contribution in [0, 0.1) is 0 Å². The van der Waals surface area contributed by atoms with Crippen LogP contribution in [0.4, 0.5) is 5.69 Å². The van der Waals surface area contributed by atoms with E-state index >= 15 is 0 Å². The molecule has 104 valence electrons. The normalized spacial score (nSPS) is 10.1. The predicted molar refractivity (Wildman–Crippen MR) is 76.3 cm³/mol. The molecule has 1 aromatic carbocycles. The summed E-state index contributed by atoms with van der Waals surface area (Å²) < 4.78 is 4.83. The summed E-state index contributed by atoms with van der Waals surface area (Å²) in [7, 11) is 0. The summed E-state index contributed by atoms with van der Waals surface area (Å²) in [5.74, 6) is -1.07. The van der Waals surface area contributed by atoms with Crippen LogP contribution in [0.1, 0.15) is 27.0 Å². The molecule has 0 spiro atoms. The van der Waals surface area contributed by atoms with E-state index in [0.29, 0.717) is 10.6 Å². The predicted octanol–water partition coefficient (Wildman–Crippen LogP) is 2.88. The zero-order valence-electron chi connectivity index (χ0n) is 10.8. The van der Waals surface area contributed by atoms with Gasteiger partial charge < -0.3 is 15.2 Å². The van der Waals surface area contributed by atoms with Gasteiger partial charge in [0.25, 0.3) is 5.91 Å². The summed E-state index contributed by atoms with van der Waals surface area (Å²) in [5, 5.41) is 14.1. The monoisotopic (exact) mass is 291 g/mol. The van der Waals surface area contributed by atoms with Crippen LogP contribution in [0.3, 0.4) is 0 Å². The maximum absolute atomic E-state index is 11.9. The summed E-state index contributed by atoms with van der Waals surface area (Å²) in [6, 6.07) is 7.73. The van der Waals surface area contributed by atoms with E-state index in [1.54, 1.807) is 24.4 Å². The summed E-state index contributed by atoms with van der Waals surface area (Å²) in [6.07, 6.45) is 0. The number of aromatic hydroxyl groups is 1. The largest absolute Gasteiger partial charge is 0.507 e. The molecule has 0 aliphatic carbocycles. The molecule has 5 nitrogen and oxygen atoms in total. The molecule has 1 amide bonds. The van der Waals surface area contributed by atoms with Gasteiger partial charge in [-0.1, -0.05) is 6.07 Å². The molecule has 0 unspecified atom stereocenters. The number of benzene rings is 1. The van der Waals surface area contributed by atoms with Crippen molar-refractivity contribution in [3.63, 3.8) is 0 Å². The summed E-state index contributed by atoms with van der Waals surface area (Å²) in [6.45, 7) is 1.89. The van der Waals surface area contributed by atoms with Gasteiger partial charge in [0.15, 0.2) is 0 Å². The number of nitrogens with one attached hydrogen (secondary N) is 1. The lowest BCUT2D eigenvalue weighted by atomic mass is 10.1. The van der Waals surface area contributed by atoms with Crippen LogP contribution in [0.15, 0.2) is 35.7 Å². The molecule has 0 fully saturated rings. The van der Waals surface area contributed by atoms with Gasteiger partial charge >= 0.3 is 5.97 Å². The van der Waals surface area contributed by atoms with E-state index < -0.39 is 5.97 Å². The SMILES string of the molecule is CCOC(=O)c1cc(NC(=O)c2cccs2)ccc1O. The van der Waals surface area contributed by atoms with E-state index in [4.69, 9.17) is 4.74 Å². The first-order chi connectivity index (χ1) is 9.61. The van der Waals surface area contributed by atoms with Crippen LogP contribution in [-0.2, 0) is 4.74 Å². The van der Waals surface area contributed by atoms with Gasteiger partial charge in [0.05, 0.1) is 11.5 Å². The number of carbonyl (C=O) groups is 2. The van der Waals surface area contributed by atoms with Crippen molar-refractivity contribution in [3.8, 4) is 5.75 Å². The number of hydrogen-bond acceptors (Lipinski definition) is 5. The molecule has 2 N–H and O–H groups in total. The van der Waals surface area contributed by atoms with Gasteiger partial charge in [0.2, 0.25) is 0 Å². The number of amides is 1. The first-order valence-electron chi connectivity index (χ1n) is 5.96. The van der Waals surface area contributed by atoms with E-state index in [0.717, 1.165) is 0 Å². The fourth-order valence-corrected chi connectivity index (χ4v) is 2.21. The highest BCUT2D eigenvalue weighted by atomic mass is 32.1. The minimum Gasteiger partial charge on any atom is -0.507 e. The molecule has 20 heavy (non-hydrogen) atoms. The number of ether oxygens (including phenoxy) is 1. The average Bonchev–Trinajstić information content (AvgIpc) is 2.95. The summed E-state index contributed by atoms with van der Waals surface area (Å²) in [4.78, 5) is 24.1. The zero-order chi connectivity index (χ0) is 14.5. The van der Waals surface area contributed by atoms with E-state index in [9.17, 15) is 14.7 Å². The van der Waals surface area contributed by atoms with Crippen molar-refractivity contribution in [1.82, 2.24) is 0 Å². The minimum atomic E-state index is -0.628. The van der Waals surface area contributed by atoms with Crippen molar-refractivity contribution in [2.75, 3.05) is 11.9 Å². The Hall–Kier alpha value is -2.34. The van der Waals surface area contributed by atoms with Crippen molar-refractivity contribution in [2.24, 2.45) is 0 Å². The fourth-order valence-electron chi connectivity index (χ4n) is 1.59. The number of rotatable bonds is 4. The molecule has 0 bridgehead atoms. The topological polar surface area (TPSA) is 75.6 Å². The Morgan fingerprint density at radius 3 is 2.80 bits per heavy atom. The zero-order valence-corrected chi connectivity index (χ0v) is 11.6. The van der Waals surface area contributed by atoms with Gasteiger partial charge in [-0.15, -0.1) is 11.3 Å². The number of carbonyl (C=O) groups excluding carboxylic acids is 2. The van der Waals surface area contributed by atoms with Crippen LogP contribution >= 0.6 is 11.3 Å². The molecule has 0 radical (unpaired) electrons. The number of phenolic OH excluding ortho intramolecular Hbond substituents is 1. The van der Waals surface area contributed by atoms with Gasteiger partial charge in [0, 0.05) is 5.69 Å². The van der Waals surface area contributed by atoms with Crippen LogP contribution in [-0.4, -0.2) is 23.6 Å². The molecule has 2 rings (SSSR count). The second kappa shape index (κ2) is 6.21. The molecule has 0 aliphatic heterocycles. The van der Waals surface area contributed by atoms with Gasteiger partial charge in [-0.2, -0.15) is 0 Å². The Morgan fingerprint density at radius 1 is 1.35 bits per heavy atom. The molecule has 0 saturated carbocycles. The van der Waals surface area contributed by atoms with Gasteiger partial charge in [-0.25, -0.2) is 4.79 Å². The third kappa shape index (κ3) is 3.16. The van der Waals surface area contributed by atoms with Gasteiger partial charge in [0.1, 0.15) is 11.3 Å². The van der Waals surface area contributed by atoms with Crippen LogP contribution < -0.4 is 5.32 Å². The molecule has 0 saturated heterocycles. The second-order valence-electron chi connectivity index (χ2n) is 3.88. The molecular weight excluding hydrogens is 278 g/mol. The fraction of sp³-hybridized carbons (Fsp3) is 0.143. The lowest BCUT2D eigenvalue weighted by Gasteiger charge is -2.08. The molecule has 0 aliphatic rings. The summed E-state index contributed by atoms with van der Waals surface area (Å²) in [5.41, 5.74) is 0.445. The van der Waals surface area contributed by atoms with E-state index in [1.807, 2.05) is 0 Å². The third-order valence-corrected chi connectivity index (χ3v) is 3.36. The quantitative estimate of drug-likeness (QED) is 0.671. The van der Waals surface area contributed by atoms with E-state index in [-0.39, 0.29) is 23.8 Å². The Labute approximate surface area is 119 Å². The van der Waals surface area contributed by atoms with Crippen LogP contribution in [0.5, 0.6) is 5.75 Å². The lowest BCUT2D eigenvalue weighted by Crippen LogP contribution is -2.11. The van der Waals surface area contributed by atoms with Crippen LogP contribution in [0.25, 0.3) is 0 Å². The summed E-state index contributed by atoms with van der Waals surface area (Å²) >= 11 is 1.32. The smallest absolute Gasteiger partial charge is 0.341 e. The van der Waals surface area contributed by atoms with Gasteiger partial charge in [-0.05, 0) is 36.6 Å². The van der Waals surface area contributed by atoms with Crippen molar-refractivity contribution in [2.45, 2.75) is 6.92 Å². The van der Waals surface area contributed by atoms with E-state index in [2.05, 4.69) is 5.32 Å². The first kappa shape index (κ1) is 14.1. The molecule has 1 aromatic heterocycles. The maximum Gasteiger partial charge on any atom is 0.341 e.